The van der Waals surface area contributed by atoms with Crippen LogP contribution in [-0.2, 0) is 26.0 Å². The summed E-state index contributed by atoms with van der Waals surface area (Å²) in [5, 5.41) is 4.80. The number of pyridine rings is 1. The van der Waals surface area contributed by atoms with Gasteiger partial charge in [0.2, 0.25) is 10.0 Å². The summed E-state index contributed by atoms with van der Waals surface area (Å²) in [6.07, 6.45) is -1.32. The summed E-state index contributed by atoms with van der Waals surface area (Å²) in [5.74, 6) is 0. The number of alkyl carbamates (subject to hydrolysis) is 1. The van der Waals surface area contributed by atoms with Gasteiger partial charge in [0.05, 0.1) is 16.8 Å². The largest absolute Gasteiger partial charge is 0.444 e. The molecule has 2 aromatic heterocycles. The molecule has 0 bridgehead atoms. The van der Waals surface area contributed by atoms with Gasteiger partial charge < -0.3 is 19.8 Å². The van der Waals surface area contributed by atoms with Gasteiger partial charge in [-0.2, -0.15) is 4.31 Å². The first-order valence-corrected chi connectivity index (χ1v) is 15.6. The molecular weight excluding hydrogens is 584 g/mol. The molecule has 0 aliphatic heterocycles. The lowest BCUT2D eigenvalue weighted by atomic mass is 10.1. The normalized spacial score (nSPS) is 12.4. The van der Waals surface area contributed by atoms with E-state index in [0.717, 1.165) is 10.8 Å². The zero-order valence-corrected chi connectivity index (χ0v) is 26.6. The molecule has 4 aromatic rings. The number of carbonyl (C=O) groups excluding carboxylic acids is 2. The number of amides is 1. The summed E-state index contributed by atoms with van der Waals surface area (Å²) >= 11 is 0. The highest BCUT2D eigenvalue weighted by Gasteiger charge is 2.25. The Balaban J connectivity index is 1.73. The van der Waals surface area contributed by atoms with Crippen LogP contribution in [0, 0.1) is 0 Å². The van der Waals surface area contributed by atoms with Crippen molar-refractivity contribution in [1.82, 2.24) is 19.2 Å². The van der Waals surface area contributed by atoms with Gasteiger partial charge in [0, 0.05) is 35.9 Å². The number of para-hydroxylation sites is 1. The molecule has 1 amide bonds. The van der Waals surface area contributed by atoms with Gasteiger partial charge in [0.25, 0.3) is 5.56 Å². The van der Waals surface area contributed by atoms with E-state index >= 15 is 0 Å². The predicted molar refractivity (Wildman–Crippen MR) is 171 cm³/mol. The molecule has 4 rings (SSSR count). The number of carbonyl (C=O) groups is 2. The van der Waals surface area contributed by atoms with Crippen LogP contribution < -0.4 is 10.9 Å². The van der Waals surface area contributed by atoms with Crippen LogP contribution in [0.2, 0.25) is 0 Å². The number of sulfonamides is 1. The topological polar surface area (TPSA) is 140 Å². The van der Waals surface area contributed by atoms with Crippen molar-refractivity contribution in [2.24, 2.45) is 0 Å². The van der Waals surface area contributed by atoms with Crippen LogP contribution in [0.5, 0.6) is 0 Å². The van der Waals surface area contributed by atoms with Gasteiger partial charge in [-0.05, 0) is 82.8 Å². The smallest absolute Gasteiger partial charge is 0.419 e. The highest BCUT2D eigenvalue weighted by atomic mass is 32.2. The number of ether oxygens (including phenoxy) is 2. The first-order chi connectivity index (χ1) is 20.5. The maximum absolute atomic E-state index is 13.5. The second-order valence-electron chi connectivity index (χ2n) is 12.3. The summed E-state index contributed by atoms with van der Waals surface area (Å²) in [6.45, 7) is 13.8. The minimum atomic E-state index is -3.87. The van der Waals surface area contributed by atoms with E-state index in [0.29, 0.717) is 27.7 Å². The quantitative estimate of drug-likeness (QED) is 0.256. The minimum Gasteiger partial charge on any atom is -0.444 e. The van der Waals surface area contributed by atoms with Crippen molar-refractivity contribution in [3.63, 3.8) is 0 Å². The molecule has 0 unspecified atom stereocenters. The molecule has 11 nitrogen and oxygen atoms in total. The van der Waals surface area contributed by atoms with Gasteiger partial charge in [-0.1, -0.05) is 30.8 Å². The molecule has 0 atom stereocenters. The van der Waals surface area contributed by atoms with Crippen molar-refractivity contribution in [3.8, 4) is 11.3 Å². The van der Waals surface area contributed by atoms with E-state index in [1.165, 1.54) is 8.87 Å². The molecule has 0 saturated carbocycles. The predicted octanol–water partition coefficient (Wildman–Crippen LogP) is 5.73. The average Bonchev–Trinajstić information content (AvgIpc) is 3.29. The number of hydrogen-bond acceptors (Lipinski definition) is 7. The monoisotopic (exact) mass is 622 g/mol. The molecule has 2 heterocycles. The van der Waals surface area contributed by atoms with Crippen molar-refractivity contribution < 1.29 is 27.5 Å². The van der Waals surface area contributed by atoms with Crippen LogP contribution in [0.15, 0.2) is 71.4 Å². The fourth-order valence-electron chi connectivity index (χ4n) is 4.61. The van der Waals surface area contributed by atoms with Crippen molar-refractivity contribution in [1.29, 1.82) is 0 Å². The van der Waals surface area contributed by atoms with E-state index in [2.05, 4.69) is 16.9 Å². The highest BCUT2D eigenvalue weighted by Crippen LogP contribution is 2.30. The Hall–Kier alpha value is -4.42. The third-order valence-electron chi connectivity index (χ3n) is 6.43. The maximum Gasteiger partial charge on any atom is 0.419 e. The SMILES string of the molecule is C=CS(=O)(=O)N(CCNC(=O)OC(C)(C)C)Cc1ccc2c(c1)cc(-c1cc3ccccc3[nH]c1=O)n2C(=O)OC(C)(C)C. The lowest BCUT2D eigenvalue weighted by molar-refractivity contribution is 0.0520. The first-order valence-electron chi connectivity index (χ1n) is 14.1. The molecule has 2 N–H and O–H groups in total. The second-order valence-corrected chi connectivity index (χ2v) is 14.2. The third-order valence-corrected chi connectivity index (χ3v) is 7.88. The number of nitrogens with one attached hydrogen (secondary N) is 2. The minimum absolute atomic E-state index is 0.00807. The molecule has 0 aliphatic rings. The van der Waals surface area contributed by atoms with Crippen LogP contribution in [0.1, 0.15) is 47.1 Å². The molecule has 0 saturated heterocycles. The first kappa shape index (κ1) is 32.5. The van der Waals surface area contributed by atoms with Crippen molar-refractivity contribution in [2.75, 3.05) is 13.1 Å². The molecular formula is C32H38N4O7S. The number of aromatic nitrogens is 2. The van der Waals surface area contributed by atoms with Gasteiger partial charge in [-0.15, -0.1) is 0 Å². The maximum atomic E-state index is 13.5. The second kappa shape index (κ2) is 12.3. The third kappa shape index (κ3) is 7.74. The fraction of sp³-hybridized carbons (Fsp3) is 0.344. The van der Waals surface area contributed by atoms with Crippen molar-refractivity contribution in [3.05, 3.63) is 82.5 Å². The molecule has 0 radical (unpaired) electrons. The zero-order valence-electron chi connectivity index (χ0n) is 25.8. The Morgan fingerprint density at radius 1 is 0.977 bits per heavy atom. The fourth-order valence-corrected chi connectivity index (χ4v) is 5.49. The lowest BCUT2D eigenvalue weighted by Crippen LogP contribution is -2.39. The molecule has 0 fully saturated rings. The molecule has 12 heteroatoms. The summed E-state index contributed by atoms with van der Waals surface area (Å²) in [4.78, 5) is 41.6. The summed E-state index contributed by atoms with van der Waals surface area (Å²) in [5.41, 5.74) is 0.486. The number of H-pyrrole nitrogens is 1. The number of aromatic amines is 1. The molecule has 0 aliphatic carbocycles. The van der Waals surface area contributed by atoms with E-state index in [-0.39, 0.29) is 30.8 Å². The number of benzene rings is 2. The molecule has 0 spiro atoms. The summed E-state index contributed by atoms with van der Waals surface area (Å²) < 4.78 is 39.1. The summed E-state index contributed by atoms with van der Waals surface area (Å²) in [6, 6.07) is 15.9. The van der Waals surface area contributed by atoms with Crippen LogP contribution in [-0.4, -0.2) is 58.8 Å². The number of hydrogen-bond donors (Lipinski definition) is 2. The average molecular weight is 623 g/mol. The Morgan fingerprint density at radius 2 is 1.66 bits per heavy atom. The Labute approximate surface area is 256 Å². The number of fused-ring (bicyclic) bond motifs is 2. The van der Waals surface area contributed by atoms with Crippen LogP contribution in [0.4, 0.5) is 9.59 Å². The highest BCUT2D eigenvalue weighted by molar-refractivity contribution is 7.91. The standard InChI is InChI=1S/C32H38N4O7S/c1-8-44(40,41)35(16-15-33-29(38)42-31(2,3)4)20-21-13-14-26-23(17-21)19-27(36(26)30(39)43-32(5,6)7)24-18-22-11-9-10-12-25(22)34-28(24)37/h8-14,17-19H,1,15-16,20H2,2-7H3,(H,33,38)(H,34,37). The van der Waals surface area contributed by atoms with Crippen LogP contribution in [0.3, 0.4) is 0 Å². The van der Waals surface area contributed by atoms with E-state index in [1.54, 1.807) is 77.9 Å². The lowest BCUT2D eigenvalue weighted by Gasteiger charge is -2.22. The van der Waals surface area contributed by atoms with Crippen molar-refractivity contribution in [2.45, 2.75) is 59.3 Å². The molecule has 2 aromatic carbocycles. The van der Waals surface area contributed by atoms with Gasteiger partial charge in [0.1, 0.15) is 11.2 Å². The number of rotatable bonds is 8. The van der Waals surface area contributed by atoms with Gasteiger partial charge >= 0.3 is 12.2 Å². The van der Waals surface area contributed by atoms with E-state index in [9.17, 15) is 22.8 Å². The molecule has 44 heavy (non-hydrogen) atoms. The van der Waals surface area contributed by atoms with Gasteiger partial charge in [-0.25, -0.2) is 22.6 Å². The van der Waals surface area contributed by atoms with Gasteiger partial charge in [-0.3, -0.25) is 4.79 Å². The van der Waals surface area contributed by atoms with Crippen LogP contribution >= 0.6 is 0 Å². The Morgan fingerprint density at radius 3 is 2.32 bits per heavy atom. The number of nitrogens with zero attached hydrogens (tertiary/aromatic N) is 2. The van der Waals surface area contributed by atoms with Crippen LogP contribution in [0.25, 0.3) is 33.1 Å². The van der Waals surface area contributed by atoms with Crippen molar-refractivity contribution >= 4 is 44.0 Å². The molecule has 234 valence electrons. The Kier molecular flexibility index (Phi) is 9.08. The van der Waals surface area contributed by atoms with E-state index < -0.39 is 33.4 Å². The van der Waals surface area contributed by atoms with Gasteiger partial charge in [0.15, 0.2) is 0 Å². The zero-order chi connectivity index (χ0) is 32.4. The van der Waals surface area contributed by atoms with E-state index in [1.807, 2.05) is 18.2 Å². The summed E-state index contributed by atoms with van der Waals surface area (Å²) in [7, 11) is -3.87. The van der Waals surface area contributed by atoms with E-state index in [4.69, 9.17) is 9.47 Å². The Bertz CT molecular complexity index is 1890.